The summed E-state index contributed by atoms with van der Waals surface area (Å²) in [7, 11) is 0. The van der Waals surface area contributed by atoms with E-state index in [9.17, 15) is 9.59 Å². The van der Waals surface area contributed by atoms with E-state index in [1.807, 2.05) is 6.92 Å². The van der Waals surface area contributed by atoms with Gasteiger partial charge in [0, 0.05) is 13.1 Å². The van der Waals surface area contributed by atoms with Gasteiger partial charge in [-0.3, -0.25) is 4.79 Å². The fraction of sp³-hybridized carbons (Fsp3) is 0.467. The summed E-state index contributed by atoms with van der Waals surface area (Å²) >= 11 is 0. The summed E-state index contributed by atoms with van der Waals surface area (Å²) in [5, 5.41) is 15.0. The van der Waals surface area contributed by atoms with Crippen LogP contribution in [0.15, 0.2) is 24.3 Å². The Morgan fingerprint density at radius 1 is 1.35 bits per heavy atom. The predicted octanol–water partition coefficient (Wildman–Crippen LogP) is 1.39. The van der Waals surface area contributed by atoms with Crippen LogP contribution in [0.1, 0.15) is 35.7 Å². The molecule has 0 aliphatic carbocycles. The van der Waals surface area contributed by atoms with Crippen LogP contribution in [0.25, 0.3) is 0 Å². The van der Waals surface area contributed by atoms with E-state index in [-0.39, 0.29) is 16.9 Å². The van der Waals surface area contributed by atoms with Crippen molar-refractivity contribution in [3.8, 4) is 0 Å². The van der Waals surface area contributed by atoms with Crippen LogP contribution < -0.4 is 10.6 Å². The average Bonchev–Trinajstić information content (AvgIpc) is 2.95. The van der Waals surface area contributed by atoms with Crippen LogP contribution in [0.3, 0.4) is 0 Å². The van der Waals surface area contributed by atoms with Crippen LogP contribution in [0.4, 0.5) is 0 Å². The molecule has 108 valence electrons. The van der Waals surface area contributed by atoms with E-state index in [2.05, 4.69) is 10.6 Å². The summed E-state index contributed by atoms with van der Waals surface area (Å²) in [6, 6.07) is 6.57. The van der Waals surface area contributed by atoms with Gasteiger partial charge in [0.2, 0.25) is 5.91 Å². The quantitative estimate of drug-likeness (QED) is 0.759. The monoisotopic (exact) mass is 276 g/mol. The molecule has 5 nitrogen and oxygen atoms in total. The maximum atomic E-state index is 12.3. The van der Waals surface area contributed by atoms with Gasteiger partial charge in [0.1, 0.15) is 0 Å². The van der Waals surface area contributed by atoms with Crippen LogP contribution in [0.5, 0.6) is 0 Å². The summed E-state index contributed by atoms with van der Waals surface area (Å²) in [5.74, 6) is -0.866. The number of hydrogen-bond acceptors (Lipinski definition) is 3. The minimum atomic E-state index is -0.942. The van der Waals surface area contributed by atoms with Gasteiger partial charge in [-0.15, -0.1) is 0 Å². The average molecular weight is 276 g/mol. The Labute approximate surface area is 118 Å². The molecule has 1 saturated heterocycles. The van der Waals surface area contributed by atoms with Gasteiger partial charge < -0.3 is 15.7 Å². The molecule has 1 unspecified atom stereocenters. The Balaban J connectivity index is 1.94. The second-order valence-corrected chi connectivity index (χ2v) is 5.25. The zero-order valence-corrected chi connectivity index (χ0v) is 11.6. The van der Waals surface area contributed by atoms with Crippen molar-refractivity contribution < 1.29 is 14.7 Å². The third-order valence-electron chi connectivity index (χ3n) is 4.06. The van der Waals surface area contributed by atoms with Gasteiger partial charge >= 0.3 is 5.97 Å². The lowest BCUT2D eigenvalue weighted by Crippen LogP contribution is -2.41. The summed E-state index contributed by atoms with van der Waals surface area (Å²) < 4.78 is 0. The molecule has 1 heterocycles. The third kappa shape index (κ3) is 2.99. The number of aromatic carboxylic acids is 1. The molecule has 0 spiro atoms. The number of hydrogen-bond donors (Lipinski definition) is 3. The van der Waals surface area contributed by atoms with Crippen molar-refractivity contribution in [2.75, 3.05) is 13.1 Å². The fourth-order valence-electron chi connectivity index (χ4n) is 2.53. The van der Waals surface area contributed by atoms with E-state index in [0.29, 0.717) is 6.54 Å². The fourth-order valence-corrected chi connectivity index (χ4v) is 2.53. The molecular formula is C15H20N2O3. The molecule has 5 heteroatoms. The van der Waals surface area contributed by atoms with Gasteiger partial charge in [-0.05, 0) is 37.1 Å². The number of carboxylic acids is 1. The largest absolute Gasteiger partial charge is 0.478 e. The van der Waals surface area contributed by atoms with Crippen molar-refractivity contribution in [1.82, 2.24) is 10.6 Å². The molecule has 2 rings (SSSR count). The first-order valence-electron chi connectivity index (χ1n) is 6.89. The maximum absolute atomic E-state index is 12.3. The zero-order chi connectivity index (χ0) is 14.6. The SMILES string of the molecule is CCC1(C(=O)NCc2ccc(C(=O)O)cc2)CCNC1. The Kier molecular flexibility index (Phi) is 4.39. The van der Waals surface area contributed by atoms with Crippen LogP contribution in [-0.4, -0.2) is 30.1 Å². The Hall–Kier alpha value is -1.88. The second-order valence-electron chi connectivity index (χ2n) is 5.25. The molecule has 1 aliphatic heterocycles. The molecule has 0 radical (unpaired) electrons. The topological polar surface area (TPSA) is 78.4 Å². The maximum Gasteiger partial charge on any atom is 0.335 e. The number of carbonyl (C=O) groups is 2. The molecule has 1 aliphatic rings. The van der Waals surface area contributed by atoms with Gasteiger partial charge in [-0.25, -0.2) is 4.79 Å². The summed E-state index contributed by atoms with van der Waals surface area (Å²) in [5.41, 5.74) is 0.867. The highest BCUT2D eigenvalue weighted by atomic mass is 16.4. The lowest BCUT2D eigenvalue weighted by atomic mass is 9.83. The van der Waals surface area contributed by atoms with Gasteiger partial charge in [-0.1, -0.05) is 19.1 Å². The molecule has 1 amide bonds. The first kappa shape index (κ1) is 14.5. The normalized spacial score (nSPS) is 21.6. The van der Waals surface area contributed by atoms with E-state index in [1.54, 1.807) is 24.3 Å². The molecule has 0 saturated carbocycles. The van der Waals surface area contributed by atoms with E-state index in [1.165, 1.54) is 0 Å². The summed E-state index contributed by atoms with van der Waals surface area (Å²) in [4.78, 5) is 23.1. The van der Waals surface area contributed by atoms with Gasteiger partial charge in [0.25, 0.3) is 0 Å². The number of rotatable bonds is 5. The second kappa shape index (κ2) is 6.05. The van der Waals surface area contributed by atoms with E-state index in [0.717, 1.165) is 31.5 Å². The van der Waals surface area contributed by atoms with Gasteiger partial charge in [0.05, 0.1) is 11.0 Å². The van der Waals surface area contributed by atoms with Gasteiger partial charge in [0.15, 0.2) is 0 Å². The van der Waals surface area contributed by atoms with Crippen LogP contribution in [-0.2, 0) is 11.3 Å². The molecule has 3 N–H and O–H groups in total. The molecule has 1 atom stereocenters. The van der Waals surface area contributed by atoms with Crippen molar-refractivity contribution in [1.29, 1.82) is 0 Å². The van der Waals surface area contributed by atoms with Crippen LogP contribution in [0.2, 0.25) is 0 Å². The lowest BCUT2D eigenvalue weighted by molar-refractivity contribution is -0.130. The van der Waals surface area contributed by atoms with Crippen LogP contribution in [0, 0.1) is 5.41 Å². The van der Waals surface area contributed by atoms with E-state index < -0.39 is 5.97 Å². The van der Waals surface area contributed by atoms with Crippen molar-refractivity contribution in [2.24, 2.45) is 5.41 Å². The Morgan fingerprint density at radius 3 is 2.55 bits per heavy atom. The molecule has 0 aromatic heterocycles. The third-order valence-corrected chi connectivity index (χ3v) is 4.06. The number of amides is 1. The number of carbonyl (C=O) groups excluding carboxylic acids is 1. The van der Waals surface area contributed by atoms with Gasteiger partial charge in [-0.2, -0.15) is 0 Å². The highest BCUT2D eigenvalue weighted by Crippen LogP contribution is 2.29. The highest BCUT2D eigenvalue weighted by molar-refractivity contribution is 5.87. The van der Waals surface area contributed by atoms with Crippen molar-refractivity contribution in [2.45, 2.75) is 26.3 Å². The Morgan fingerprint density at radius 2 is 2.05 bits per heavy atom. The number of carboxylic acid groups (broad SMARTS) is 1. The summed E-state index contributed by atoms with van der Waals surface area (Å²) in [6.07, 6.45) is 1.69. The molecule has 1 aromatic carbocycles. The summed E-state index contributed by atoms with van der Waals surface area (Å²) in [6.45, 7) is 4.08. The van der Waals surface area contributed by atoms with Crippen molar-refractivity contribution in [3.63, 3.8) is 0 Å². The number of nitrogens with one attached hydrogen (secondary N) is 2. The standard InChI is InChI=1S/C15H20N2O3/c1-2-15(7-8-16-10-15)14(20)17-9-11-3-5-12(6-4-11)13(18)19/h3-6,16H,2,7-10H2,1H3,(H,17,20)(H,18,19). The van der Waals surface area contributed by atoms with E-state index >= 15 is 0 Å². The zero-order valence-electron chi connectivity index (χ0n) is 11.6. The first-order valence-corrected chi connectivity index (χ1v) is 6.89. The van der Waals surface area contributed by atoms with E-state index in [4.69, 9.17) is 5.11 Å². The molecule has 0 bridgehead atoms. The minimum Gasteiger partial charge on any atom is -0.478 e. The van der Waals surface area contributed by atoms with Crippen molar-refractivity contribution >= 4 is 11.9 Å². The minimum absolute atomic E-state index is 0.0762. The smallest absolute Gasteiger partial charge is 0.335 e. The first-order chi connectivity index (χ1) is 9.57. The number of benzene rings is 1. The predicted molar refractivity (Wildman–Crippen MR) is 75.5 cm³/mol. The molecule has 1 fully saturated rings. The Bertz CT molecular complexity index is 490. The molecular weight excluding hydrogens is 256 g/mol. The lowest BCUT2D eigenvalue weighted by Gasteiger charge is -2.25. The molecule has 1 aromatic rings. The highest BCUT2D eigenvalue weighted by Gasteiger charge is 2.39. The molecule has 20 heavy (non-hydrogen) atoms. The van der Waals surface area contributed by atoms with Crippen LogP contribution >= 0.6 is 0 Å². The van der Waals surface area contributed by atoms with Crippen molar-refractivity contribution in [3.05, 3.63) is 35.4 Å².